The Morgan fingerprint density at radius 1 is 1.40 bits per heavy atom. The van der Waals surface area contributed by atoms with Crippen LogP contribution < -0.4 is 5.73 Å². The molecule has 0 aliphatic rings. The molecular formula is C6H13NO3. The second kappa shape index (κ2) is 5.20. The summed E-state index contributed by atoms with van der Waals surface area (Å²) < 4.78 is 0. The highest BCUT2D eigenvalue weighted by Gasteiger charge is 2.06. The van der Waals surface area contributed by atoms with Gasteiger partial charge in [0.2, 0.25) is 5.91 Å². The van der Waals surface area contributed by atoms with Crippen molar-refractivity contribution in [3.63, 3.8) is 0 Å². The summed E-state index contributed by atoms with van der Waals surface area (Å²) in [7, 11) is 0. The molecule has 10 heavy (non-hydrogen) atoms. The summed E-state index contributed by atoms with van der Waals surface area (Å²) in [5.74, 6) is -0.598. The van der Waals surface area contributed by atoms with Gasteiger partial charge in [0.15, 0.2) is 0 Å². The number of hydrogen-bond acceptors (Lipinski definition) is 3. The Labute approximate surface area is 59.7 Å². The summed E-state index contributed by atoms with van der Waals surface area (Å²) >= 11 is 0. The molecule has 60 valence electrons. The molecule has 4 nitrogen and oxygen atoms in total. The quantitative estimate of drug-likeness (QED) is 0.459. The maximum absolute atomic E-state index is 10.2. The number of carbonyl (C=O) groups is 1. The van der Waals surface area contributed by atoms with Gasteiger partial charge in [-0.15, -0.1) is 0 Å². The van der Waals surface area contributed by atoms with Crippen LogP contribution in [0.1, 0.15) is 12.8 Å². The molecule has 0 radical (unpaired) electrons. The minimum Gasteiger partial charge on any atom is -0.396 e. The van der Waals surface area contributed by atoms with Crippen LogP contribution in [-0.2, 0) is 4.79 Å². The third kappa shape index (κ3) is 4.29. The maximum atomic E-state index is 10.2. The molecule has 0 spiro atoms. The first-order chi connectivity index (χ1) is 4.70. The van der Waals surface area contributed by atoms with Crippen LogP contribution in [0.25, 0.3) is 0 Å². The van der Waals surface area contributed by atoms with Crippen molar-refractivity contribution in [2.75, 3.05) is 13.2 Å². The number of amides is 1. The molecule has 0 bridgehead atoms. The van der Waals surface area contributed by atoms with Crippen LogP contribution in [0, 0.1) is 5.92 Å². The number of primary amides is 1. The van der Waals surface area contributed by atoms with Crippen molar-refractivity contribution in [2.24, 2.45) is 11.7 Å². The predicted octanol–water partition coefficient (Wildman–Crippen LogP) is -1.15. The third-order valence-electron chi connectivity index (χ3n) is 1.32. The van der Waals surface area contributed by atoms with E-state index in [9.17, 15) is 4.79 Å². The lowest BCUT2D eigenvalue weighted by atomic mass is 10.1. The summed E-state index contributed by atoms with van der Waals surface area (Å²) in [5.41, 5.74) is 4.85. The van der Waals surface area contributed by atoms with Gasteiger partial charge in [-0.1, -0.05) is 0 Å². The average Bonchev–Trinajstić information content (AvgIpc) is 1.90. The van der Waals surface area contributed by atoms with Crippen molar-refractivity contribution in [1.82, 2.24) is 0 Å². The first-order valence-electron chi connectivity index (χ1n) is 3.20. The molecule has 0 aliphatic carbocycles. The predicted molar refractivity (Wildman–Crippen MR) is 36.1 cm³/mol. The second-order valence-corrected chi connectivity index (χ2v) is 2.24. The Bertz CT molecular complexity index is 101. The fourth-order valence-electron chi connectivity index (χ4n) is 0.587. The SMILES string of the molecule is NC(=O)CCC(CO)CO. The number of hydrogen-bond donors (Lipinski definition) is 3. The smallest absolute Gasteiger partial charge is 0.217 e. The van der Waals surface area contributed by atoms with Gasteiger partial charge in [0.05, 0.1) is 0 Å². The first-order valence-corrected chi connectivity index (χ1v) is 3.20. The summed E-state index contributed by atoms with van der Waals surface area (Å²) in [6, 6.07) is 0. The Hall–Kier alpha value is -0.610. The molecule has 0 aromatic carbocycles. The van der Waals surface area contributed by atoms with Crippen molar-refractivity contribution in [1.29, 1.82) is 0 Å². The van der Waals surface area contributed by atoms with E-state index in [1.165, 1.54) is 0 Å². The van der Waals surface area contributed by atoms with Gasteiger partial charge < -0.3 is 15.9 Å². The van der Waals surface area contributed by atoms with Gasteiger partial charge in [-0.25, -0.2) is 0 Å². The van der Waals surface area contributed by atoms with E-state index < -0.39 is 5.91 Å². The van der Waals surface area contributed by atoms with Crippen LogP contribution in [0.2, 0.25) is 0 Å². The minimum atomic E-state index is -0.396. The minimum absolute atomic E-state index is 0.0935. The maximum Gasteiger partial charge on any atom is 0.217 e. The molecule has 4 N–H and O–H groups in total. The Morgan fingerprint density at radius 3 is 2.20 bits per heavy atom. The molecule has 0 aliphatic heterocycles. The van der Waals surface area contributed by atoms with Gasteiger partial charge in [0.1, 0.15) is 0 Å². The number of aliphatic hydroxyl groups excluding tert-OH is 2. The van der Waals surface area contributed by atoms with Crippen LogP contribution >= 0.6 is 0 Å². The number of carbonyl (C=O) groups excluding carboxylic acids is 1. The van der Waals surface area contributed by atoms with Crippen molar-refractivity contribution in [2.45, 2.75) is 12.8 Å². The van der Waals surface area contributed by atoms with Crippen LogP contribution in [0.4, 0.5) is 0 Å². The van der Waals surface area contributed by atoms with E-state index in [4.69, 9.17) is 15.9 Å². The van der Waals surface area contributed by atoms with Crippen molar-refractivity contribution >= 4 is 5.91 Å². The normalized spacial score (nSPS) is 10.3. The molecule has 0 rings (SSSR count). The van der Waals surface area contributed by atoms with Gasteiger partial charge in [-0.2, -0.15) is 0 Å². The first kappa shape index (κ1) is 9.39. The standard InChI is InChI=1S/C6H13NO3/c7-6(10)2-1-5(3-8)4-9/h5,8-9H,1-4H2,(H2,7,10). The van der Waals surface area contributed by atoms with Gasteiger partial charge >= 0.3 is 0 Å². The molecule has 0 fully saturated rings. The van der Waals surface area contributed by atoms with Gasteiger partial charge in [-0.3, -0.25) is 4.79 Å². The zero-order valence-electron chi connectivity index (χ0n) is 5.79. The van der Waals surface area contributed by atoms with Gasteiger partial charge in [0.25, 0.3) is 0 Å². The summed E-state index contributed by atoms with van der Waals surface area (Å²) in [6.07, 6.45) is 0.689. The molecule has 4 heteroatoms. The second-order valence-electron chi connectivity index (χ2n) is 2.24. The van der Waals surface area contributed by atoms with E-state index in [1.54, 1.807) is 0 Å². The number of rotatable bonds is 5. The number of aliphatic hydroxyl groups is 2. The zero-order valence-corrected chi connectivity index (χ0v) is 5.79. The van der Waals surface area contributed by atoms with Crippen molar-refractivity contribution < 1.29 is 15.0 Å². The van der Waals surface area contributed by atoms with Crippen molar-refractivity contribution in [3.8, 4) is 0 Å². The highest BCUT2D eigenvalue weighted by molar-refractivity contribution is 5.73. The van der Waals surface area contributed by atoms with Gasteiger partial charge in [-0.05, 0) is 6.42 Å². The lowest BCUT2D eigenvalue weighted by Gasteiger charge is -2.07. The van der Waals surface area contributed by atoms with E-state index in [2.05, 4.69) is 0 Å². The van der Waals surface area contributed by atoms with E-state index in [0.717, 1.165) is 0 Å². The Balaban J connectivity index is 3.34. The summed E-state index contributed by atoms with van der Waals surface area (Å²) in [6.45, 7) is -0.187. The molecule has 0 unspecified atom stereocenters. The monoisotopic (exact) mass is 147 g/mol. The molecular weight excluding hydrogens is 134 g/mol. The van der Waals surface area contributed by atoms with Gasteiger partial charge in [0, 0.05) is 25.6 Å². The molecule has 0 atom stereocenters. The van der Waals surface area contributed by atoms with E-state index in [-0.39, 0.29) is 25.6 Å². The molecule has 0 saturated carbocycles. The molecule has 0 aromatic rings. The van der Waals surface area contributed by atoms with E-state index in [1.807, 2.05) is 0 Å². The lowest BCUT2D eigenvalue weighted by molar-refractivity contribution is -0.118. The number of nitrogens with two attached hydrogens (primary N) is 1. The zero-order chi connectivity index (χ0) is 7.98. The highest BCUT2D eigenvalue weighted by atomic mass is 16.3. The molecule has 0 aromatic heterocycles. The average molecular weight is 147 g/mol. The van der Waals surface area contributed by atoms with Crippen LogP contribution in [-0.4, -0.2) is 29.3 Å². The highest BCUT2D eigenvalue weighted by Crippen LogP contribution is 2.02. The van der Waals surface area contributed by atoms with Crippen LogP contribution in [0.15, 0.2) is 0 Å². The topological polar surface area (TPSA) is 83.6 Å². The Kier molecular flexibility index (Phi) is 4.88. The third-order valence-corrected chi connectivity index (χ3v) is 1.32. The van der Waals surface area contributed by atoms with E-state index in [0.29, 0.717) is 6.42 Å². The summed E-state index contributed by atoms with van der Waals surface area (Å²) in [5, 5.41) is 17.1. The largest absolute Gasteiger partial charge is 0.396 e. The lowest BCUT2D eigenvalue weighted by Crippen LogP contribution is -2.16. The molecule has 0 heterocycles. The summed E-state index contributed by atoms with van der Waals surface area (Å²) in [4.78, 5) is 10.2. The van der Waals surface area contributed by atoms with Crippen LogP contribution in [0.5, 0.6) is 0 Å². The fourth-order valence-corrected chi connectivity index (χ4v) is 0.587. The van der Waals surface area contributed by atoms with Crippen molar-refractivity contribution in [3.05, 3.63) is 0 Å². The molecule has 1 amide bonds. The molecule has 0 saturated heterocycles. The van der Waals surface area contributed by atoms with E-state index >= 15 is 0 Å². The Morgan fingerprint density at radius 2 is 1.90 bits per heavy atom. The fraction of sp³-hybridized carbons (Fsp3) is 0.833. The van der Waals surface area contributed by atoms with Crippen LogP contribution in [0.3, 0.4) is 0 Å².